The highest BCUT2D eigenvalue weighted by atomic mass is 35.5. The zero-order valence-electron chi connectivity index (χ0n) is 15.7. The van der Waals surface area contributed by atoms with E-state index in [0.717, 1.165) is 25.0 Å². The number of thioether (sulfide) groups is 1. The summed E-state index contributed by atoms with van der Waals surface area (Å²) >= 11 is 7.57. The zero-order valence-corrected chi connectivity index (χ0v) is 17.3. The number of rotatable bonds is 4. The van der Waals surface area contributed by atoms with Gasteiger partial charge in [0.15, 0.2) is 11.0 Å². The Hall–Kier alpha value is -2.32. The Labute approximate surface area is 180 Å². The van der Waals surface area contributed by atoms with E-state index in [1.54, 1.807) is 34.9 Å². The molecule has 2 aromatic carbocycles. The molecule has 3 aromatic rings. The number of halogens is 4. The molecular weight excluding hydrogens is 435 g/mol. The van der Waals surface area contributed by atoms with Gasteiger partial charge in [0.25, 0.3) is 0 Å². The van der Waals surface area contributed by atoms with Crippen LogP contribution in [-0.4, -0.2) is 25.8 Å². The van der Waals surface area contributed by atoms with Gasteiger partial charge >= 0.3 is 6.18 Å². The molecule has 0 aliphatic heterocycles. The molecule has 0 radical (unpaired) electrons. The van der Waals surface area contributed by atoms with Crippen LogP contribution in [0, 0.1) is 0 Å². The normalized spacial score (nSPS) is 17.3. The van der Waals surface area contributed by atoms with Crippen LogP contribution in [0.25, 0.3) is 17.1 Å². The van der Waals surface area contributed by atoms with E-state index in [4.69, 9.17) is 11.6 Å². The van der Waals surface area contributed by atoms with Crippen molar-refractivity contribution in [1.29, 1.82) is 0 Å². The maximum atomic E-state index is 13.3. The van der Waals surface area contributed by atoms with Gasteiger partial charge in [-0.3, -0.25) is 9.36 Å². The molecule has 1 fully saturated rings. The minimum atomic E-state index is -4.48. The number of carbonyl (C=O) groups is 1. The van der Waals surface area contributed by atoms with Crippen molar-refractivity contribution in [1.82, 2.24) is 14.8 Å². The highest BCUT2D eigenvalue weighted by molar-refractivity contribution is 8.00. The summed E-state index contributed by atoms with van der Waals surface area (Å²) in [6, 6.07) is 11.9. The first kappa shape index (κ1) is 20.9. The Morgan fingerprint density at radius 2 is 1.87 bits per heavy atom. The highest BCUT2D eigenvalue weighted by Crippen LogP contribution is 2.37. The van der Waals surface area contributed by atoms with Crippen LogP contribution in [0.2, 0.25) is 5.02 Å². The first-order valence-corrected chi connectivity index (χ1v) is 10.7. The number of Topliss-reactive ketones (excluding diaryl/α,β-unsaturated/α-hetero) is 1. The molecule has 30 heavy (non-hydrogen) atoms. The Morgan fingerprint density at radius 3 is 2.60 bits per heavy atom. The third-order valence-electron chi connectivity index (χ3n) is 4.93. The topological polar surface area (TPSA) is 47.8 Å². The smallest absolute Gasteiger partial charge is 0.298 e. The van der Waals surface area contributed by atoms with Crippen molar-refractivity contribution >= 4 is 29.1 Å². The second kappa shape index (κ2) is 8.43. The van der Waals surface area contributed by atoms with Crippen LogP contribution in [0.5, 0.6) is 0 Å². The summed E-state index contributed by atoms with van der Waals surface area (Å²) in [6.07, 6.45) is -1.48. The number of hydrogen-bond donors (Lipinski definition) is 0. The molecule has 1 aliphatic carbocycles. The molecular formula is C21H17ClF3N3OS. The maximum absolute atomic E-state index is 13.3. The lowest BCUT2D eigenvalue weighted by Gasteiger charge is -2.20. The minimum absolute atomic E-state index is 0.129. The van der Waals surface area contributed by atoms with Gasteiger partial charge in [-0.1, -0.05) is 48.0 Å². The van der Waals surface area contributed by atoms with Gasteiger partial charge < -0.3 is 0 Å². The molecule has 156 valence electrons. The summed E-state index contributed by atoms with van der Waals surface area (Å²) in [5.74, 6) is 0.454. The summed E-state index contributed by atoms with van der Waals surface area (Å²) < 4.78 is 41.5. The maximum Gasteiger partial charge on any atom is 0.416 e. The first-order valence-electron chi connectivity index (χ1n) is 9.42. The van der Waals surface area contributed by atoms with Gasteiger partial charge in [-0.15, -0.1) is 10.2 Å². The molecule has 4 rings (SSSR count). The van der Waals surface area contributed by atoms with E-state index in [-0.39, 0.29) is 16.7 Å². The second-order valence-corrected chi connectivity index (χ2v) is 8.57. The van der Waals surface area contributed by atoms with E-state index in [9.17, 15) is 18.0 Å². The molecule has 0 bridgehead atoms. The van der Waals surface area contributed by atoms with E-state index >= 15 is 0 Å². The number of ketones is 1. The number of carbonyl (C=O) groups excluding carboxylic acids is 1. The summed E-state index contributed by atoms with van der Waals surface area (Å²) in [5.41, 5.74) is 0.0323. The zero-order chi connectivity index (χ0) is 21.3. The molecule has 0 N–H and O–H groups in total. The molecule has 9 heteroatoms. The lowest BCUT2D eigenvalue weighted by molar-refractivity contribution is -0.137. The van der Waals surface area contributed by atoms with Gasteiger partial charge in [0.2, 0.25) is 0 Å². The van der Waals surface area contributed by atoms with Crippen LogP contribution in [0.4, 0.5) is 13.2 Å². The SMILES string of the molecule is O=C1CCCC[C@H]1Sc1nnc(-c2ccccc2Cl)n1-c1cccc(C(F)(F)F)c1. The van der Waals surface area contributed by atoms with Crippen LogP contribution in [-0.2, 0) is 11.0 Å². The molecule has 1 atom stereocenters. The van der Waals surface area contributed by atoms with Crippen LogP contribution < -0.4 is 0 Å². The predicted octanol–water partition coefficient (Wildman–Crippen LogP) is 6.21. The van der Waals surface area contributed by atoms with E-state index < -0.39 is 11.7 Å². The number of hydrogen-bond acceptors (Lipinski definition) is 4. The third kappa shape index (κ3) is 4.25. The summed E-state index contributed by atoms with van der Waals surface area (Å²) in [6.45, 7) is 0. The third-order valence-corrected chi connectivity index (χ3v) is 6.51. The van der Waals surface area contributed by atoms with Gasteiger partial charge in [-0.2, -0.15) is 13.2 Å². The second-order valence-electron chi connectivity index (χ2n) is 6.99. The Balaban J connectivity index is 1.84. The van der Waals surface area contributed by atoms with Gasteiger partial charge in [0, 0.05) is 12.0 Å². The fourth-order valence-corrected chi connectivity index (χ4v) is 4.81. The van der Waals surface area contributed by atoms with E-state index in [1.807, 2.05) is 0 Å². The first-order chi connectivity index (χ1) is 14.3. The minimum Gasteiger partial charge on any atom is -0.298 e. The average molecular weight is 452 g/mol. The van der Waals surface area contributed by atoms with Crippen molar-refractivity contribution in [2.45, 2.75) is 42.3 Å². The van der Waals surface area contributed by atoms with Gasteiger partial charge in [0.1, 0.15) is 5.78 Å². The Kier molecular flexibility index (Phi) is 5.88. The van der Waals surface area contributed by atoms with Crippen LogP contribution in [0.3, 0.4) is 0 Å². The Bertz CT molecular complexity index is 1080. The lowest BCUT2D eigenvalue weighted by atomic mass is 9.99. The highest BCUT2D eigenvalue weighted by Gasteiger charge is 2.32. The van der Waals surface area contributed by atoms with E-state index in [2.05, 4.69) is 10.2 Å². The fraction of sp³-hybridized carbons (Fsp3) is 0.286. The van der Waals surface area contributed by atoms with Crippen molar-refractivity contribution in [3.05, 3.63) is 59.1 Å². The number of nitrogens with zero attached hydrogens (tertiary/aromatic N) is 3. The molecule has 1 heterocycles. The molecule has 0 spiro atoms. The molecule has 1 aromatic heterocycles. The summed E-state index contributed by atoms with van der Waals surface area (Å²) in [5, 5.41) is 8.92. The molecule has 4 nitrogen and oxygen atoms in total. The summed E-state index contributed by atoms with van der Waals surface area (Å²) in [4.78, 5) is 12.3. The number of alkyl halides is 3. The van der Waals surface area contributed by atoms with Gasteiger partial charge in [-0.25, -0.2) is 0 Å². The average Bonchev–Trinajstić information content (AvgIpc) is 3.13. The van der Waals surface area contributed by atoms with Crippen molar-refractivity contribution in [3.8, 4) is 17.1 Å². The van der Waals surface area contributed by atoms with Crippen molar-refractivity contribution in [2.24, 2.45) is 0 Å². The Morgan fingerprint density at radius 1 is 1.07 bits per heavy atom. The molecule has 0 saturated heterocycles. The van der Waals surface area contributed by atoms with Gasteiger partial charge in [0.05, 0.1) is 21.5 Å². The molecule has 1 aliphatic rings. The monoisotopic (exact) mass is 451 g/mol. The van der Waals surface area contributed by atoms with Crippen molar-refractivity contribution in [3.63, 3.8) is 0 Å². The largest absolute Gasteiger partial charge is 0.416 e. The number of benzene rings is 2. The molecule has 0 amide bonds. The standard InChI is InChI=1S/C21H17ClF3N3OS/c22-16-9-2-1-8-15(16)19-26-27-20(30-18-11-4-3-10-17(18)29)28(19)14-7-5-6-13(12-14)21(23,24)25/h1-2,5-9,12,18H,3-4,10-11H2/t18-/m1/s1. The van der Waals surface area contributed by atoms with E-state index in [1.165, 1.54) is 17.8 Å². The van der Waals surface area contributed by atoms with Crippen molar-refractivity contribution in [2.75, 3.05) is 0 Å². The van der Waals surface area contributed by atoms with Crippen molar-refractivity contribution < 1.29 is 18.0 Å². The van der Waals surface area contributed by atoms with Crippen LogP contribution in [0.15, 0.2) is 53.7 Å². The predicted molar refractivity (Wildman–Crippen MR) is 110 cm³/mol. The quantitative estimate of drug-likeness (QED) is 0.473. The molecule has 0 unspecified atom stereocenters. The van der Waals surface area contributed by atoms with Crippen LogP contribution in [0.1, 0.15) is 31.2 Å². The fourth-order valence-electron chi connectivity index (χ4n) is 3.42. The van der Waals surface area contributed by atoms with Gasteiger partial charge in [-0.05, 0) is 43.2 Å². The molecule has 1 saturated carbocycles. The van der Waals surface area contributed by atoms with E-state index in [0.29, 0.717) is 34.4 Å². The lowest BCUT2D eigenvalue weighted by Crippen LogP contribution is -2.21. The number of aromatic nitrogens is 3. The summed E-state index contributed by atoms with van der Waals surface area (Å²) in [7, 11) is 0. The van der Waals surface area contributed by atoms with Crippen LogP contribution >= 0.6 is 23.4 Å².